The lowest BCUT2D eigenvalue weighted by atomic mass is 10.2. The summed E-state index contributed by atoms with van der Waals surface area (Å²) in [7, 11) is 0. The van der Waals surface area contributed by atoms with Crippen molar-refractivity contribution in [3.05, 3.63) is 29.6 Å². The van der Waals surface area contributed by atoms with Crippen LogP contribution in [-0.4, -0.2) is 22.7 Å². The summed E-state index contributed by atoms with van der Waals surface area (Å²) in [5.41, 5.74) is 2.24. The second-order valence-corrected chi connectivity index (χ2v) is 3.42. The zero-order chi connectivity index (χ0) is 10.4. The van der Waals surface area contributed by atoms with Gasteiger partial charge in [-0.1, -0.05) is 13.0 Å². The molecule has 3 nitrogen and oxygen atoms in total. The Morgan fingerprint density at radius 2 is 2.36 bits per heavy atom. The summed E-state index contributed by atoms with van der Waals surface area (Å²) in [5.74, 6) is 0. The fourth-order valence-electron chi connectivity index (χ4n) is 1.30. The summed E-state index contributed by atoms with van der Waals surface area (Å²) in [6, 6.07) is 4.18. The number of rotatable bonds is 5. The van der Waals surface area contributed by atoms with E-state index in [9.17, 15) is 0 Å². The van der Waals surface area contributed by atoms with Crippen LogP contribution in [-0.2, 0) is 6.54 Å². The van der Waals surface area contributed by atoms with Crippen molar-refractivity contribution in [1.82, 2.24) is 10.3 Å². The first kappa shape index (κ1) is 11.1. The Kier molecular flexibility index (Phi) is 4.56. The van der Waals surface area contributed by atoms with Gasteiger partial charge in [0.15, 0.2) is 0 Å². The molecule has 78 valence electrons. The summed E-state index contributed by atoms with van der Waals surface area (Å²) in [6.07, 6.45) is 2.73. The predicted octanol–water partition coefficient (Wildman–Crippen LogP) is 1.25. The van der Waals surface area contributed by atoms with Crippen LogP contribution in [0, 0.1) is 6.92 Å². The molecule has 1 aromatic heterocycles. The van der Waals surface area contributed by atoms with Gasteiger partial charge in [-0.05, 0) is 25.0 Å². The van der Waals surface area contributed by atoms with Crippen LogP contribution in [0.5, 0.6) is 0 Å². The van der Waals surface area contributed by atoms with E-state index in [0.717, 1.165) is 18.7 Å². The van der Waals surface area contributed by atoms with E-state index in [-0.39, 0.29) is 12.6 Å². The lowest BCUT2D eigenvalue weighted by molar-refractivity contribution is 0.238. The molecule has 0 aliphatic rings. The van der Waals surface area contributed by atoms with E-state index in [0.29, 0.717) is 0 Å². The van der Waals surface area contributed by atoms with Crippen LogP contribution in [0.3, 0.4) is 0 Å². The zero-order valence-corrected chi connectivity index (χ0v) is 8.83. The molecule has 0 aliphatic heterocycles. The Bertz CT molecular complexity index is 272. The summed E-state index contributed by atoms with van der Waals surface area (Å²) >= 11 is 0. The summed E-state index contributed by atoms with van der Waals surface area (Å²) in [6.45, 7) is 5.02. The molecule has 0 amide bonds. The Morgan fingerprint density at radius 1 is 1.57 bits per heavy atom. The molecule has 0 fully saturated rings. The number of nitrogens with zero attached hydrogens (tertiary/aromatic N) is 1. The Morgan fingerprint density at radius 3 is 2.93 bits per heavy atom. The highest BCUT2D eigenvalue weighted by Gasteiger charge is 2.04. The molecule has 0 aromatic carbocycles. The van der Waals surface area contributed by atoms with E-state index < -0.39 is 0 Å². The van der Waals surface area contributed by atoms with Gasteiger partial charge in [0.1, 0.15) is 0 Å². The lowest BCUT2D eigenvalue weighted by Crippen LogP contribution is -2.31. The molecule has 0 saturated carbocycles. The molecule has 0 spiro atoms. The average Bonchev–Trinajstić information content (AvgIpc) is 2.22. The number of aliphatic hydroxyl groups is 1. The molecule has 0 bridgehead atoms. The SMILES string of the molecule is CCC(CO)NCc1cccnc1C. The maximum absolute atomic E-state index is 9.00. The van der Waals surface area contributed by atoms with E-state index in [1.807, 2.05) is 13.0 Å². The number of nitrogens with one attached hydrogen (secondary N) is 1. The topological polar surface area (TPSA) is 45.1 Å². The minimum absolute atomic E-state index is 0.189. The van der Waals surface area contributed by atoms with Crippen molar-refractivity contribution in [2.45, 2.75) is 32.9 Å². The van der Waals surface area contributed by atoms with Crippen LogP contribution in [0.25, 0.3) is 0 Å². The van der Waals surface area contributed by atoms with Crippen molar-refractivity contribution < 1.29 is 5.11 Å². The first-order chi connectivity index (χ1) is 6.77. The predicted molar refractivity (Wildman–Crippen MR) is 57.0 cm³/mol. The highest BCUT2D eigenvalue weighted by molar-refractivity contribution is 5.17. The van der Waals surface area contributed by atoms with Gasteiger partial charge in [0.25, 0.3) is 0 Å². The van der Waals surface area contributed by atoms with E-state index >= 15 is 0 Å². The van der Waals surface area contributed by atoms with Gasteiger partial charge in [-0.2, -0.15) is 0 Å². The van der Waals surface area contributed by atoms with Gasteiger partial charge < -0.3 is 10.4 Å². The van der Waals surface area contributed by atoms with Gasteiger partial charge in [-0.3, -0.25) is 4.98 Å². The molecule has 1 aromatic rings. The number of pyridine rings is 1. The second-order valence-electron chi connectivity index (χ2n) is 3.42. The van der Waals surface area contributed by atoms with Gasteiger partial charge in [-0.15, -0.1) is 0 Å². The highest BCUT2D eigenvalue weighted by Crippen LogP contribution is 2.03. The molecule has 1 rings (SSSR count). The molecule has 14 heavy (non-hydrogen) atoms. The lowest BCUT2D eigenvalue weighted by Gasteiger charge is -2.14. The van der Waals surface area contributed by atoms with E-state index in [1.165, 1.54) is 5.56 Å². The van der Waals surface area contributed by atoms with Crippen LogP contribution in [0.4, 0.5) is 0 Å². The third-order valence-corrected chi connectivity index (χ3v) is 2.41. The van der Waals surface area contributed by atoms with Crippen molar-refractivity contribution in [2.75, 3.05) is 6.61 Å². The van der Waals surface area contributed by atoms with Crippen LogP contribution < -0.4 is 5.32 Å². The minimum atomic E-state index is 0.189. The largest absolute Gasteiger partial charge is 0.395 e. The van der Waals surface area contributed by atoms with Crippen molar-refractivity contribution in [3.63, 3.8) is 0 Å². The monoisotopic (exact) mass is 194 g/mol. The smallest absolute Gasteiger partial charge is 0.0584 e. The van der Waals surface area contributed by atoms with Crippen LogP contribution >= 0.6 is 0 Å². The molecular formula is C11H18N2O. The van der Waals surface area contributed by atoms with Gasteiger partial charge in [0.2, 0.25) is 0 Å². The van der Waals surface area contributed by atoms with Gasteiger partial charge in [-0.25, -0.2) is 0 Å². The molecule has 1 unspecified atom stereocenters. The molecule has 3 heteroatoms. The number of aliphatic hydroxyl groups excluding tert-OH is 1. The Labute approximate surface area is 85.2 Å². The maximum Gasteiger partial charge on any atom is 0.0584 e. The van der Waals surface area contributed by atoms with Crippen LogP contribution in [0.15, 0.2) is 18.3 Å². The quantitative estimate of drug-likeness (QED) is 0.741. The molecule has 0 aliphatic carbocycles. The number of aryl methyl sites for hydroxylation is 1. The zero-order valence-electron chi connectivity index (χ0n) is 8.83. The minimum Gasteiger partial charge on any atom is -0.395 e. The summed E-state index contributed by atoms with van der Waals surface area (Å²) in [4.78, 5) is 4.21. The number of hydrogen-bond donors (Lipinski definition) is 2. The summed E-state index contributed by atoms with van der Waals surface area (Å²) in [5, 5.41) is 12.3. The van der Waals surface area contributed by atoms with Crippen LogP contribution in [0.1, 0.15) is 24.6 Å². The third kappa shape index (κ3) is 3.09. The van der Waals surface area contributed by atoms with Gasteiger partial charge in [0.05, 0.1) is 6.61 Å². The van der Waals surface area contributed by atoms with Gasteiger partial charge in [0, 0.05) is 24.5 Å². The standard InChI is InChI=1S/C11H18N2O/c1-3-11(8-14)13-7-10-5-4-6-12-9(10)2/h4-6,11,13-14H,3,7-8H2,1-2H3. The Balaban J connectivity index is 2.49. The molecule has 1 heterocycles. The van der Waals surface area contributed by atoms with Crippen molar-refractivity contribution >= 4 is 0 Å². The molecule has 0 radical (unpaired) electrons. The van der Waals surface area contributed by atoms with Gasteiger partial charge >= 0.3 is 0 Å². The van der Waals surface area contributed by atoms with Crippen molar-refractivity contribution in [2.24, 2.45) is 0 Å². The molecule has 2 N–H and O–H groups in total. The molecule has 0 saturated heterocycles. The third-order valence-electron chi connectivity index (χ3n) is 2.41. The average molecular weight is 194 g/mol. The second kappa shape index (κ2) is 5.73. The fourth-order valence-corrected chi connectivity index (χ4v) is 1.30. The number of hydrogen-bond acceptors (Lipinski definition) is 3. The highest BCUT2D eigenvalue weighted by atomic mass is 16.3. The Hall–Kier alpha value is -0.930. The normalized spacial score (nSPS) is 12.8. The fraction of sp³-hybridized carbons (Fsp3) is 0.545. The first-order valence-electron chi connectivity index (χ1n) is 5.02. The van der Waals surface area contributed by atoms with Crippen molar-refractivity contribution in [3.8, 4) is 0 Å². The molecular weight excluding hydrogens is 176 g/mol. The van der Waals surface area contributed by atoms with E-state index in [2.05, 4.69) is 23.3 Å². The molecule has 1 atom stereocenters. The van der Waals surface area contributed by atoms with E-state index in [1.54, 1.807) is 6.20 Å². The van der Waals surface area contributed by atoms with E-state index in [4.69, 9.17) is 5.11 Å². The summed E-state index contributed by atoms with van der Waals surface area (Å²) < 4.78 is 0. The maximum atomic E-state index is 9.00. The number of aromatic nitrogens is 1. The van der Waals surface area contributed by atoms with Crippen molar-refractivity contribution in [1.29, 1.82) is 0 Å². The van der Waals surface area contributed by atoms with Crippen LogP contribution in [0.2, 0.25) is 0 Å². The first-order valence-corrected chi connectivity index (χ1v) is 5.02.